The lowest BCUT2D eigenvalue weighted by molar-refractivity contribution is 0.112. The van der Waals surface area contributed by atoms with Crippen molar-refractivity contribution in [3.05, 3.63) is 23.3 Å². The van der Waals surface area contributed by atoms with E-state index >= 15 is 0 Å². The second-order valence-electron chi connectivity index (χ2n) is 2.39. The Bertz CT molecular complexity index is 318. The Morgan fingerprint density at radius 2 is 1.69 bits per heavy atom. The van der Waals surface area contributed by atoms with Gasteiger partial charge in [-0.3, -0.25) is 9.59 Å². The van der Waals surface area contributed by atoms with Crippen molar-refractivity contribution in [2.45, 2.75) is 4.90 Å². The first-order valence-electron chi connectivity index (χ1n) is 3.54. The van der Waals surface area contributed by atoms with E-state index in [0.29, 0.717) is 12.6 Å². The van der Waals surface area contributed by atoms with Gasteiger partial charge < -0.3 is 5.11 Å². The molecule has 68 valence electrons. The fraction of sp³-hybridized carbons (Fsp3) is 0.111. The fourth-order valence-electron chi connectivity index (χ4n) is 0.949. The molecule has 0 aromatic heterocycles. The number of benzene rings is 1. The van der Waals surface area contributed by atoms with Crippen LogP contribution in [-0.2, 0) is 0 Å². The van der Waals surface area contributed by atoms with E-state index in [2.05, 4.69) is 0 Å². The van der Waals surface area contributed by atoms with Crippen molar-refractivity contribution in [3.63, 3.8) is 0 Å². The molecule has 1 N–H and O–H groups in total. The van der Waals surface area contributed by atoms with E-state index in [9.17, 15) is 14.7 Å². The Kier molecular flexibility index (Phi) is 3.08. The van der Waals surface area contributed by atoms with Gasteiger partial charge in [0.25, 0.3) is 0 Å². The highest BCUT2D eigenvalue weighted by Crippen LogP contribution is 2.26. The Morgan fingerprint density at radius 1 is 1.23 bits per heavy atom. The van der Waals surface area contributed by atoms with Crippen LogP contribution in [0.25, 0.3) is 0 Å². The molecule has 1 rings (SSSR count). The Labute approximate surface area is 79.8 Å². The Morgan fingerprint density at radius 3 is 2.00 bits per heavy atom. The summed E-state index contributed by atoms with van der Waals surface area (Å²) in [7, 11) is 0. The molecule has 0 radical (unpaired) electrons. The van der Waals surface area contributed by atoms with E-state index in [-0.39, 0.29) is 16.9 Å². The predicted octanol–water partition coefficient (Wildman–Crippen LogP) is 1.74. The number of carbonyl (C=O) groups excluding carboxylic acids is 2. The number of thioether (sulfide) groups is 1. The highest BCUT2D eigenvalue weighted by Gasteiger charge is 2.07. The lowest BCUT2D eigenvalue weighted by Crippen LogP contribution is -1.89. The summed E-state index contributed by atoms with van der Waals surface area (Å²) in [6.07, 6.45) is 2.89. The molecule has 4 heteroatoms. The van der Waals surface area contributed by atoms with Crippen LogP contribution in [0.1, 0.15) is 20.7 Å². The van der Waals surface area contributed by atoms with Gasteiger partial charge in [0.05, 0.1) is 11.1 Å². The number of rotatable bonds is 3. The summed E-state index contributed by atoms with van der Waals surface area (Å²) in [6.45, 7) is 0. The van der Waals surface area contributed by atoms with Crippen LogP contribution in [0, 0.1) is 0 Å². The van der Waals surface area contributed by atoms with Crippen molar-refractivity contribution in [2.24, 2.45) is 0 Å². The number of hydrogen-bond donors (Lipinski definition) is 1. The van der Waals surface area contributed by atoms with Gasteiger partial charge in [0.2, 0.25) is 0 Å². The van der Waals surface area contributed by atoms with Crippen molar-refractivity contribution in [1.29, 1.82) is 0 Å². The van der Waals surface area contributed by atoms with Crippen molar-refractivity contribution in [2.75, 3.05) is 6.26 Å². The molecule has 0 atom stereocenters. The van der Waals surface area contributed by atoms with Gasteiger partial charge in [-0.25, -0.2) is 0 Å². The Balaban J connectivity index is 3.36. The molecule has 0 amide bonds. The monoisotopic (exact) mass is 196 g/mol. The van der Waals surface area contributed by atoms with Crippen LogP contribution in [0.5, 0.6) is 5.75 Å². The maximum Gasteiger partial charge on any atom is 0.153 e. The third kappa shape index (κ3) is 1.89. The SMILES string of the molecule is CSc1cc(C=O)c(O)c(C=O)c1. The van der Waals surface area contributed by atoms with Gasteiger partial charge in [-0.15, -0.1) is 11.8 Å². The topological polar surface area (TPSA) is 54.4 Å². The maximum atomic E-state index is 10.5. The number of phenols is 1. The number of hydrogen-bond acceptors (Lipinski definition) is 4. The number of aldehydes is 2. The highest BCUT2D eigenvalue weighted by atomic mass is 32.2. The molecule has 0 saturated carbocycles. The van der Waals surface area contributed by atoms with Crippen LogP contribution in [0.2, 0.25) is 0 Å². The zero-order valence-electron chi connectivity index (χ0n) is 6.98. The molecule has 0 unspecified atom stereocenters. The van der Waals surface area contributed by atoms with Crippen LogP contribution < -0.4 is 0 Å². The summed E-state index contributed by atoms with van der Waals surface area (Å²) in [5.74, 6) is -0.247. The second kappa shape index (κ2) is 4.09. The highest BCUT2D eigenvalue weighted by molar-refractivity contribution is 7.98. The molecule has 3 nitrogen and oxygen atoms in total. The minimum Gasteiger partial charge on any atom is -0.506 e. The molecule has 1 aromatic carbocycles. The smallest absolute Gasteiger partial charge is 0.153 e. The molecule has 0 spiro atoms. The molecule has 1 aromatic rings. The normalized spacial score (nSPS) is 9.62. The first-order valence-corrected chi connectivity index (χ1v) is 4.76. The van der Waals surface area contributed by atoms with Crippen molar-refractivity contribution < 1.29 is 14.7 Å². The molecule has 0 aliphatic rings. The van der Waals surface area contributed by atoms with E-state index in [0.717, 1.165) is 4.90 Å². The Hall–Kier alpha value is -1.29. The van der Waals surface area contributed by atoms with E-state index in [1.807, 2.05) is 6.26 Å². The van der Waals surface area contributed by atoms with Gasteiger partial charge in [-0.05, 0) is 18.4 Å². The van der Waals surface area contributed by atoms with Crippen LogP contribution in [0.4, 0.5) is 0 Å². The molecule has 0 aliphatic heterocycles. The first-order chi connectivity index (χ1) is 6.22. The maximum absolute atomic E-state index is 10.5. The molecule has 0 fully saturated rings. The number of carbonyl (C=O) groups is 2. The number of phenolic OH excluding ortho intramolecular Hbond substituents is 1. The van der Waals surface area contributed by atoms with E-state index in [1.165, 1.54) is 11.8 Å². The van der Waals surface area contributed by atoms with E-state index < -0.39 is 0 Å². The van der Waals surface area contributed by atoms with E-state index in [4.69, 9.17) is 0 Å². The molecule has 0 heterocycles. The predicted molar refractivity (Wildman–Crippen MR) is 50.7 cm³/mol. The summed E-state index contributed by atoms with van der Waals surface area (Å²) in [6, 6.07) is 3.08. The molecule has 0 bridgehead atoms. The molecule has 0 aliphatic carbocycles. The van der Waals surface area contributed by atoms with Crippen molar-refractivity contribution in [1.82, 2.24) is 0 Å². The van der Waals surface area contributed by atoms with Gasteiger partial charge in [0.1, 0.15) is 5.75 Å². The average Bonchev–Trinajstić information content (AvgIpc) is 2.18. The zero-order valence-corrected chi connectivity index (χ0v) is 7.80. The van der Waals surface area contributed by atoms with Crippen molar-refractivity contribution in [3.8, 4) is 5.75 Å². The fourth-order valence-corrected chi connectivity index (χ4v) is 1.44. The van der Waals surface area contributed by atoms with Crippen LogP contribution in [-0.4, -0.2) is 23.9 Å². The quantitative estimate of drug-likeness (QED) is 0.591. The first kappa shape index (κ1) is 9.80. The largest absolute Gasteiger partial charge is 0.506 e. The molecule has 0 saturated heterocycles. The van der Waals surface area contributed by atoms with Gasteiger partial charge in [-0.1, -0.05) is 0 Å². The van der Waals surface area contributed by atoms with Crippen molar-refractivity contribution >= 4 is 24.3 Å². The lowest BCUT2D eigenvalue weighted by atomic mass is 10.1. The standard InChI is InChI=1S/C9H8O3S/c1-13-8-2-6(4-10)9(12)7(3-8)5-11/h2-5,12H,1H3. The molecular formula is C9H8O3S. The summed E-state index contributed by atoms with van der Waals surface area (Å²) >= 11 is 1.41. The van der Waals surface area contributed by atoms with Crippen LogP contribution in [0.3, 0.4) is 0 Å². The van der Waals surface area contributed by atoms with Gasteiger partial charge >= 0.3 is 0 Å². The average molecular weight is 196 g/mol. The number of aromatic hydroxyl groups is 1. The van der Waals surface area contributed by atoms with Gasteiger partial charge in [-0.2, -0.15) is 0 Å². The molecule has 13 heavy (non-hydrogen) atoms. The minimum absolute atomic E-state index is 0.147. The van der Waals surface area contributed by atoms with E-state index in [1.54, 1.807) is 12.1 Å². The zero-order chi connectivity index (χ0) is 9.84. The third-order valence-corrected chi connectivity index (χ3v) is 2.34. The summed E-state index contributed by atoms with van der Waals surface area (Å²) < 4.78 is 0. The van der Waals surface area contributed by atoms with Crippen LogP contribution >= 0.6 is 11.8 Å². The van der Waals surface area contributed by atoms with Gasteiger partial charge in [0, 0.05) is 4.90 Å². The molecular weight excluding hydrogens is 188 g/mol. The second-order valence-corrected chi connectivity index (χ2v) is 3.27. The third-order valence-electron chi connectivity index (χ3n) is 1.63. The summed E-state index contributed by atoms with van der Waals surface area (Å²) in [4.78, 5) is 21.7. The lowest BCUT2D eigenvalue weighted by Gasteiger charge is -2.03. The summed E-state index contributed by atoms with van der Waals surface area (Å²) in [5, 5.41) is 9.34. The minimum atomic E-state index is -0.247. The van der Waals surface area contributed by atoms with Crippen LogP contribution in [0.15, 0.2) is 17.0 Å². The summed E-state index contributed by atoms with van der Waals surface area (Å²) in [5.41, 5.74) is 0.294. The van der Waals surface area contributed by atoms with Gasteiger partial charge in [0.15, 0.2) is 12.6 Å².